The van der Waals surface area contributed by atoms with Gasteiger partial charge in [-0.05, 0) is 30.7 Å². The van der Waals surface area contributed by atoms with E-state index in [-0.39, 0.29) is 11.8 Å². The molecule has 0 fully saturated rings. The van der Waals surface area contributed by atoms with Crippen LogP contribution < -0.4 is 14.8 Å². The molecule has 1 atom stereocenters. The van der Waals surface area contributed by atoms with E-state index in [0.717, 1.165) is 22.4 Å². The fourth-order valence-corrected chi connectivity index (χ4v) is 3.86. The Bertz CT molecular complexity index is 1060. The van der Waals surface area contributed by atoms with E-state index >= 15 is 0 Å². The first-order valence-electron chi connectivity index (χ1n) is 8.89. The molecule has 2 heterocycles. The summed E-state index contributed by atoms with van der Waals surface area (Å²) in [5.41, 5.74) is 3.53. The third kappa shape index (κ3) is 2.90. The fraction of sp³-hybridized carbons (Fsp3) is 0.238. The molecule has 1 aromatic heterocycles. The molecule has 6 nitrogen and oxygen atoms in total. The van der Waals surface area contributed by atoms with Gasteiger partial charge in [-0.2, -0.15) is 5.10 Å². The normalized spacial score (nSPS) is 15.7. The summed E-state index contributed by atoms with van der Waals surface area (Å²) in [6, 6.07) is 11.3. The van der Waals surface area contributed by atoms with Crippen LogP contribution in [0.1, 0.15) is 29.0 Å². The van der Waals surface area contributed by atoms with Crippen molar-refractivity contribution in [3.63, 3.8) is 0 Å². The molecule has 144 valence electrons. The Labute approximate surface area is 168 Å². The number of carbonyl (C=O) groups is 1. The Morgan fingerprint density at radius 2 is 1.93 bits per heavy atom. The SMILES string of the molecule is COc1cccc([C@@H]2CC(=O)Nc3c2cnn3-c2cccc(Cl)c2C)c1OC. The lowest BCUT2D eigenvalue weighted by atomic mass is 9.86. The number of aromatic nitrogens is 2. The van der Waals surface area contributed by atoms with E-state index in [2.05, 4.69) is 10.4 Å². The molecule has 1 N–H and O–H groups in total. The van der Waals surface area contributed by atoms with Gasteiger partial charge >= 0.3 is 0 Å². The van der Waals surface area contributed by atoms with Gasteiger partial charge in [-0.15, -0.1) is 0 Å². The van der Waals surface area contributed by atoms with Gasteiger partial charge in [0.15, 0.2) is 11.5 Å². The van der Waals surface area contributed by atoms with Crippen LogP contribution in [0.4, 0.5) is 5.82 Å². The maximum atomic E-state index is 12.5. The molecule has 0 saturated carbocycles. The summed E-state index contributed by atoms with van der Waals surface area (Å²) in [6.45, 7) is 1.93. The molecule has 1 aliphatic heterocycles. The highest BCUT2D eigenvalue weighted by Gasteiger charge is 2.33. The van der Waals surface area contributed by atoms with E-state index in [0.29, 0.717) is 28.8 Å². The van der Waals surface area contributed by atoms with Crippen LogP contribution in [0, 0.1) is 6.92 Å². The summed E-state index contributed by atoms with van der Waals surface area (Å²) in [5, 5.41) is 8.16. The summed E-state index contributed by atoms with van der Waals surface area (Å²) in [6.07, 6.45) is 2.09. The van der Waals surface area contributed by atoms with Crippen molar-refractivity contribution >= 4 is 23.3 Å². The molecule has 1 amide bonds. The van der Waals surface area contributed by atoms with E-state index in [1.807, 2.05) is 43.3 Å². The number of hydrogen-bond donors (Lipinski definition) is 1. The monoisotopic (exact) mass is 397 g/mol. The predicted molar refractivity (Wildman–Crippen MR) is 108 cm³/mol. The van der Waals surface area contributed by atoms with Crippen LogP contribution in [0.5, 0.6) is 11.5 Å². The van der Waals surface area contributed by atoms with Gasteiger partial charge in [0.1, 0.15) is 5.82 Å². The standard InChI is InChI=1S/C21H20ClN3O3/c1-12-16(22)7-5-8-17(12)25-21-15(11-23-25)14(10-19(26)24-21)13-6-4-9-18(27-2)20(13)28-3/h4-9,11,14H,10H2,1-3H3,(H,24,26)/t14-/m0/s1. The highest BCUT2D eigenvalue weighted by atomic mass is 35.5. The highest BCUT2D eigenvalue weighted by Crippen LogP contribution is 2.44. The molecule has 0 saturated heterocycles. The van der Waals surface area contributed by atoms with E-state index in [9.17, 15) is 4.79 Å². The third-order valence-corrected chi connectivity index (χ3v) is 5.51. The highest BCUT2D eigenvalue weighted by molar-refractivity contribution is 6.31. The Balaban J connectivity index is 1.88. The van der Waals surface area contributed by atoms with Crippen molar-refractivity contribution in [3.8, 4) is 17.2 Å². The third-order valence-electron chi connectivity index (χ3n) is 5.10. The Morgan fingerprint density at radius 3 is 2.68 bits per heavy atom. The number of anilines is 1. The smallest absolute Gasteiger partial charge is 0.226 e. The second kappa shape index (κ2) is 7.20. The molecule has 0 radical (unpaired) electrons. The van der Waals surface area contributed by atoms with Gasteiger partial charge in [0, 0.05) is 28.5 Å². The van der Waals surface area contributed by atoms with Crippen LogP contribution in [-0.2, 0) is 4.79 Å². The molecule has 3 aromatic rings. The fourth-order valence-electron chi connectivity index (χ4n) is 3.69. The lowest BCUT2D eigenvalue weighted by Gasteiger charge is -2.26. The van der Waals surface area contributed by atoms with Crippen LogP contribution in [0.25, 0.3) is 5.69 Å². The van der Waals surface area contributed by atoms with Crippen LogP contribution in [0.2, 0.25) is 5.02 Å². The second-order valence-electron chi connectivity index (χ2n) is 6.63. The Morgan fingerprint density at radius 1 is 1.14 bits per heavy atom. The van der Waals surface area contributed by atoms with Crippen molar-refractivity contribution in [1.82, 2.24) is 9.78 Å². The number of nitrogens with zero attached hydrogens (tertiary/aromatic N) is 2. The Kier molecular flexibility index (Phi) is 4.73. The predicted octanol–water partition coefficient (Wildman–Crippen LogP) is 4.33. The number of fused-ring (bicyclic) bond motifs is 1. The van der Waals surface area contributed by atoms with Crippen molar-refractivity contribution in [1.29, 1.82) is 0 Å². The maximum Gasteiger partial charge on any atom is 0.226 e. The average Bonchev–Trinajstić information content (AvgIpc) is 3.12. The topological polar surface area (TPSA) is 65.4 Å². The lowest BCUT2D eigenvalue weighted by Crippen LogP contribution is -2.25. The number of para-hydroxylation sites is 1. The van der Waals surface area contributed by atoms with E-state index in [1.165, 1.54) is 0 Å². The van der Waals surface area contributed by atoms with Gasteiger partial charge in [0.05, 0.1) is 26.1 Å². The molecular weight excluding hydrogens is 378 g/mol. The molecule has 2 aromatic carbocycles. The number of benzene rings is 2. The molecule has 7 heteroatoms. The minimum atomic E-state index is -0.193. The second-order valence-corrected chi connectivity index (χ2v) is 7.04. The molecule has 1 aliphatic rings. The largest absolute Gasteiger partial charge is 0.493 e. The van der Waals surface area contributed by atoms with Crippen molar-refractivity contribution in [3.05, 3.63) is 64.3 Å². The first-order valence-corrected chi connectivity index (χ1v) is 9.27. The number of rotatable bonds is 4. The number of amides is 1. The van der Waals surface area contributed by atoms with Crippen LogP contribution in [0.3, 0.4) is 0 Å². The quantitative estimate of drug-likeness (QED) is 0.711. The summed E-state index contributed by atoms with van der Waals surface area (Å²) < 4.78 is 12.8. The number of carbonyl (C=O) groups excluding carboxylic acids is 1. The maximum absolute atomic E-state index is 12.5. The van der Waals surface area contributed by atoms with Crippen LogP contribution in [-0.4, -0.2) is 29.9 Å². The number of nitrogens with one attached hydrogen (secondary N) is 1. The van der Waals surface area contributed by atoms with Crippen molar-refractivity contribution < 1.29 is 14.3 Å². The van der Waals surface area contributed by atoms with Gasteiger partial charge in [0.2, 0.25) is 5.91 Å². The Hall–Kier alpha value is -2.99. The van der Waals surface area contributed by atoms with E-state index < -0.39 is 0 Å². The zero-order valence-electron chi connectivity index (χ0n) is 15.8. The van der Waals surface area contributed by atoms with Gasteiger partial charge in [-0.25, -0.2) is 4.68 Å². The molecule has 0 bridgehead atoms. The summed E-state index contributed by atoms with van der Waals surface area (Å²) >= 11 is 6.28. The van der Waals surface area contributed by atoms with Crippen molar-refractivity contribution in [2.24, 2.45) is 0 Å². The van der Waals surface area contributed by atoms with Gasteiger partial charge in [0.25, 0.3) is 0 Å². The summed E-state index contributed by atoms with van der Waals surface area (Å²) in [7, 11) is 3.20. The number of halogens is 1. The van der Waals surface area contributed by atoms with E-state index in [4.69, 9.17) is 21.1 Å². The molecular formula is C21H20ClN3O3. The van der Waals surface area contributed by atoms with Crippen LogP contribution >= 0.6 is 11.6 Å². The zero-order chi connectivity index (χ0) is 19.8. The van der Waals surface area contributed by atoms with Crippen molar-refractivity contribution in [2.75, 3.05) is 19.5 Å². The van der Waals surface area contributed by atoms with E-state index in [1.54, 1.807) is 25.1 Å². The minimum absolute atomic E-state index is 0.0798. The lowest BCUT2D eigenvalue weighted by molar-refractivity contribution is -0.116. The first-order chi connectivity index (χ1) is 13.5. The molecule has 0 aliphatic carbocycles. The van der Waals surface area contributed by atoms with Gasteiger partial charge in [-0.1, -0.05) is 29.8 Å². The number of methoxy groups -OCH3 is 2. The average molecular weight is 398 g/mol. The number of hydrogen-bond acceptors (Lipinski definition) is 4. The zero-order valence-corrected chi connectivity index (χ0v) is 16.6. The van der Waals surface area contributed by atoms with Crippen LogP contribution in [0.15, 0.2) is 42.6 Å². The summed E-state index contributed by atoms with van der Waals surface area (Å²) in [4.78, 5) is 12.5. The molecule has 0 unspecified atom stereocenters. The molecule has 4 rings (SSSR count). The number of ether oxygens (including phenoxy) is 2. The first kappa shape index (κ1) is 18.4. The van der Waals surface area contributed by atoms with Gasteiger partial charge in [-0.3, -0.25) is 4.79 Å². The molecule has 28 heavy (non-hydrogen) atoms. The van der Waals surface area contributed by atoms with Gasteiger partial charge < -0.3 is 14.8 Å². The van der Waals surface area contributed by atoms with Crippen molar-refractivity contribution in [2.45, 2.75) is 19.3 Å². The summed E-state index contributed by atoms with van der Waals surface area (Å²) in [5.74, 6) is 1.63. The minimum Gasteiger partial charge on any atom is -0.493 e. The molecule has 0 spiro atoms.